The number of amides is 2. The Hall–Kier alpha value is -2.23. The average Bonchev–Trinajstić information content (AvgIpc) is 2.74. The summed E-state index contributed by atoms with van der Waals surface area (Å²) in [7, 11) is -3.88. The number of carbonyl (C=O) groups excluding carboxylic acids is 2. The van der Waals surface area contributed by atoms with Crippen molar-refractivity contribution in [3.05, 3.63) is 64.6 Å². The monoisotopic (exact) mass is 493 g/mol. The minimum absolute atomic E-state index is 0.0860. The molecule has 1 aliphatic rings. The lowest BCUT2D eigenvalue weighted by Crippen LogP contribution is -2.46. The number of nitrogens with zero attached hydrogens (tertiary/aromatic N) is 2. The Morgan fingerprint density at radius 1 is 1.03 bits per heavy atom. The van der Waals surface area contributed by atoms with Crippen molar-refractivity contribution in [1.29, 1.82) is 0 Å². The van der Waals surface area contributed by atoms with Crippen LogP contribution in [-0.2, 0) is 26.2 Å². The summed E-state index contributed by atoms with van der Waals surface area (Å²) in [5.74, 6) is -0.874. The molecule has 0 atom stereocenters. The fourth-order valence-corrected chi connectivity index (χ4v) is 5.07. The van der Waals surface area contributed by atoms with Crippen molar-refractivity contribution in [1.82, 2.24) is 9.21 Å². The Morgan fingerprint density at radius 2 is 1.63 bits per heavy atom. The van der Waals surface area contributed by atoms with Gasteiger partial charge in [-0.15, -0.1) is 0 Å². The second kappa shape index (κ2) is 9.72. The van der Waals surface area contributed by atoms with E-state index in [1.165, 1.54) is 16.4 Å². The minimum Gasteiger partial charge on any atom is -0.369 e. The van der Waals surface area contributed by atoms with Crippen LogP contribution in [0.2, 0.25) is 0 Å². The van der Waals surface area contributed by atoms with Crippen LogP contribution in [0.15, 0.2) is 64.0 Å². The van der Waals surface area contributed by atoms with Crippen LogP contribution in [0.3, 0.4) is 0 Å². The number of primary amides is 1. The Kier molecular flexibility index (Phi) is 7.27. The van der Waals surface area contributed by atoms with Gasteiger partial charge in [-0.25, -0.2) is 8.42 Å². The van der Waals surface area contributed by atoms with Gasteiger partial charge >= 0.3 is 0 Å². The second-order valence-corrected chi connectivity index (χ2v) is 10.1. The Labute approximate surface area is 185 Å². The maximum absolute atomic E-state index is 13.3. The smallest absolute Gasteiger partial charge is 0.243 e. The number of hydrogen-bond acceptors (Lipinski definition) is 4. The van der Waals surface area contributed by atoms with Crippen molar-refractivity contribution in [3.8, 4) is 0 Å². The minimum atomic E-state index is -3.88. The molecule has 3 rings (SSSR count). The van der Waals surface area contributed by atoms with Crippen LogP contribution in [-0.4, -0.2) is 49.1 Å². The summed E-state index contributed by atoms with van der Waals surface area (Å²) in [6.07, 6.45) is 0.998. The van der Waals surface area contributed by atoms with Gasteiger partial charge in [0, 0.05) is 30.0 Å². The van der Waals surface area contributed by atoms with E-state index in [0.717, 1.165) is 10.0 Å². The van der Waals surface area contributed by atoms with Gasteiger partial charge in [0.05, 0.1) is 11.4 Å². The van der Waals surface area contributed by atoms with Crippen LogP contribution in [0.4, 0.5) is 0 Å². The van der Waals surface area contributed by atoms with Gasteiger partial charge in [0.15, 0.2) is 0 Å². The maximum Gasteiger partial charge on any atom is 0.243 e. The highest BCUT2D eigenvalue weighted by atomic mass is 79.9. The summed E-state index contributed by atoms with van der Waals surface area (Å²) >= 11 is 3.31. The zero-order valence-corrected chi connectivity index (χ0v) is 18.8. The van der Waals surface area contributed by atoms with Gasteiger partial charge in [-0.1, -0.05) is 46.3 Å². The van der Waals surface area contributed by atoms with Crippen LogP contribution in [0.25, 0.3) is 0 Å². The van der Waals surface area contributed by atoms with Crippen molar-refractivity contribution in [3.63, 3.8) is 0 Å². The van der Waals surface area contributed by atoms with Crippen molar-refractivity contribution in [2.75, 3.05) is 19.6 Å². The van der Waals surface area contributed by atoms with E-state index in [-0.39, 0.29) is 35.7 Å². The molecule has 1 saturated heterocycles. The summed E-state index contributed by atoms with van der Waals surface area (Å²) in [6.45, 7) is 0.602. The van der Waals surface area contributed by atoms with Gasteiger partial charge < -0.3 is 10.6 Å². The Morgan fingerprint density at radius 3 is 2.20 bits per heavy atom. The van der Waals surface area contributed by atoms with Crippen LogP contribution >= 0.6 is 15.9 Å². The van der Waals surface area contributed by atoms with Crippen LogP contribution in [0.1, 0.15) is 18.4 Å². The van der Waals surface area contributed by atoms with E-state index in [4.69, 9.17) is 5.73 Å². The third-order valence-corrected chi connectivity index (χ3v) is 7.55. The number of benzene rings is 2. The zero-order valence-electron chi connectivity index (χ0n) is 16.4. The molecule has 1 heterocycles. The highest BCUT2D eigenvalue weighted by Crippen LogP contribution is 2.22. The molecule has 0 unspecified atom stereocenters. The number of piperidine rings is 1. The van der Waals surface area contributed by atoms with E-state index in [2.05, 4.69) is 15.9 Å². The molecule has 1 aliphatic heterocycles. The Balaban J connectivity index is 1.80. The number of nitrogens with two attached hydrogens (primary N) is 1. The van der Waals surface area contributed by atoms with Crippen molar-refractivity contribution >= 4 is 37.8 Å². The molecule has 9 heteroatoms. The highest BCUT2D eigenvalue weighted by molar-refractivity contribution is 9.10. The van der Waals surface area contributed by atoms with E-state index in [1.54, 1.807) is 17.0 Å². The lowest BCUT2D eigenvalue weighted by Gasteiger charge is -2.32. The average molecular weight is 494 g/mol. The van der Waals surface area contributed by atoms with Crippen LogP contribution in [0, 0.1) is 5.92 Å². The standard InChI is InChI=1S/C21H24BrN3O4S/c22-18-6-8-19(9-7-18)30(28,29)25(14-16-4-2-1-3-5-16)15-20(26)24-12-10-17(11-13-24)21(23)27/h1-9,17H,10-15H2,(H2,23,27). The first-order chi connectivity index (χ1) is 14.3. The SMILES string of the molecule is NC(=O)C1CCN(C(=O)CN(Cc2ccccc2)S(=O)(=O)c2ccc(Br)cc2)CC1. The first-order valence-corrected chi connectivity index (χ1v) is 11.9. The number of halogens is 1. The number of sulfonamides is 1. The lowest BCUT2D eigenvalue weighted by atomic mass is 9.96. The fourth-order valence-electron chi connectivity index (χ4n) is 3.43. The molecule has 2 amide bonds. The topological polar surface area (TPSA) is 101 Å². The largest absolute Gasteiger partial charge is 0.369 e. The molecule has 1 fully saturated rings. The molecule has 2 aromatic rings. The molecule has 0 radical (unpaired) electrons. The summed E-state index contributed by atoms with van der Waals surface area (Å²) < 4.78 is 28.5. The van der Waals surface area contributed by atoms with Crippen molar-refractivity contribution < 1.29 is 18.0 Å². The van der Waals surface area contributed by atoms with Crippen LogP contribution in [0.5, 0.6) is 0 Å². The molecular formula is C21H24BrN3O4S. The first kappa shape index (κ1) is 22.5. The molecular weight excluding hydrogens is 470 g/mol. The molecule has 2 aromatic carbocycles. The van der Waals surface area contributed by atoms with Crippen molar-refractivity contribution in [2.45, 2.75) is 24.3 Å². The quantitative estimate of drug-likeness (QED) is 0.639. The van der Waals surface area contributed by atoms with Gasteiger partial charge in [-0.05, 0) is 42.7 Å². The molecule has 2 N–H and O–H groups in total. The van der Waals surface area contributed by atoms with Gasteiger partial charge in [-0.3, -0.25) is 9.59 Å². The van der Waals surface area contributed by atoms with Gasteiger partial charge in [-0.2, -0.15) is 4.31 Å². The fraction of sp³-hybridized carbons (Fsp3) is 0.333. The van der Waals surface area contributed by atoms with E-state index >= 15 is 0 Å². The molecule has 7 nitrogen and oxygen atoms in total. The van der Waals surface area contributed by atoms with E-state index in [1.807, 2.05) is 30.3 Å². The number of carbonyl (C=O) groups is 2. The maximum atomic E-state index is 13.3. The molecule has 0 aliphatic carbocycles. The highest BCUT2D eigenvalue weighted by Gasteiger charge is 2.31. The Bertz CT molecular complexity index is 989. The third kappa shape index (κ3) is 5.47. The lowest BCUT2D eigenvalue weighted by molar-refractivity contribution is -0.135. The summed E-state index contributed by atoms with van der Waals surface area (Å²) in [6, 6.07) is 15.5. The molecule has 160 valence electrons. The van der Waals surface area contributed by atoms with E-state index in [0.29, 0.717) is 25.9 Å². The second-order valence-electron chi connectivity index (χ2n) is 7.27. The predicted molar refractivity (Wildman–Crippen MR) is 117 cm³/mol. The molecule has 30 heavy (non-hydrogen) atoms. The van der Waals surface area contributed by atoms with Gasteiger partial charge in [0.25, 0.3) is 0 Å². The van der Waals surface area contributed by atoms with E-state index in [9.17, 15) is 18.0 Å². The number of hydrogen-bond donors (Lipinski definition) is 1. The first-order valence-electron chi connectivity index (χ1n) is 9.64. The van der Waals surface area contributed by atoms with E-state index < -0.39 is 10.0 Å². The molecule has 0 saturated carbocycles. The van der Waals surface area contributed by atoms with Gasteiger partial charge in [0.2, 0.25) is 21.8 Å². The number of rotatable bonds is 7. The van der Waals surface area contributed by atoms with Crippen LogP contribution < -0.4 is 5.73 Å². The zero-order chi connectivity index (χ0) is 21.7. The summed E-state index contributed by atoms with van der Waals surface area (Å²) in [5, 5.41) is 0. The van der Waals surface area contributed by atoms with Gasteiger partial charge in [0.1, 0.15) is 0 Å². The molecule has 0 bridgehead atoms. The number of likely N-dealkylation sites (tertiary alicyclic amines) is 1. The van der Waals surface area contributed by atoms with Crippen molar-refractivity contribution in [2.24, 2.45) is 11.7 Å². The molecule has 0 aromatic heterocycles. The predicted octanol–water partition coefficient (Wildman–Crippen LogP) is 2.36. The third-order valence-electron chi connectivity index (χ3n) is 5.21. The molecule has 0 spiro atoms. The normalized spacial score (nSPS) is 15.3. The summed E-state index contributed by atoms with van der Waals surface area (Å²) in [4.78, 5) is 26.0. The summed E-state index contributed by atoms with van der Waals surface area (Å²) in [5.41, 5.74) is 6.14.